The van der Waals surface area contributed by atoms with Gasteiger partial charge < -0.3 is 11.1 Å². The predicted octanol–water partition coefficient (Wildman–Crippen LogP) is 3.31. The maximum absolute atomic E-state index is 12.5. The Balaban J connectivity index is 0.00000161. The van der Waals surface area contributed by atoms with E-state index in [9.17, 15) is 4.79 Å². The Bertz CT molecular complexity index is 521. The molecule has 1 aromatic rings. The molecular formula is C16H22Cl2N2O. The van der Waals surface area contributed by atoms with E-state index in [1.54, 1.807) is 0 Å². The fourth-order valence-corrected chi connectivity index (χ4v) is 4.09. The van der Waals surface area contributed by atoms with Crippen molar-refractivity contribution >= 4 is 29.9 Å². The molecule has 0 aliphatic heterocycles. The number of benzene rings is 1. The molecule has 0 saturated heterocycles. The predicted molar refractivity (Wildman–Crippen MR) is 87.6 cm³/mol. The summed E-state index contributed by atoms with van der Waals surface area (Å²) < 4.78 is 0. The van der Waals surface area contributed by atoms with Crippen molar-refractivity contribution in [3.05, 3.63) is 34.9 Å². The highest BCUT2D eigenvalue weighted by molar-refractivity contribution is 6.30. The molecule has 0 aromatic heterocycles. The van der Waals surface area contributed by atoms with E-state index < -0.39 is 0 Å². The minimum Gasteiger partial charge on any atom is -0.349 e. The number of halogens is 2. The molecule has 2 fully saturated rings. The van der Waals surface area contributed by atoms with Crippen molar-refractivity contribution in [2.75, 3.05) is 0 Å². The van der Waals surface area contributed by atoms with E-state index in [1.807, 2.05) is 31.2 Å². The third kappa shape index (κ3) is 3.20. The van der Waals surface area contributed by atoms with Crippen molar-refractivity contribution in [3.63, 3.8) is 0 Å². The van der Waals surface area contributed by atoms with E-state index in [0.717, 1.165) is 18.4 Å². The Morgan fingerprint density at radius 3 is 2.71 bits per heavy atom. The van der Waals surface area contributed by atoms with Crippen LogP contribution < -0.4 is 11.1 Å². The normalized spacial score (nSPS) is 31.6. The van der Waals surface area contributed by atoms with Crippen LogP contribution in [-0.4, -0.2) is 11.9 Å². The summed E-state index contributed by atoms with van der Waals surface area (Å²) in [7, 11) is 0. The first-order valence-electron chi connectivity index (χ1n) is 7.37. The molecule has 2 aliphatic rings. The van der Waals surface area contributed by atoms with Crippen LogP contribution in [0.1, 0.15) is 37.8 Å². The van der Waals surface area contributed by atoms with Crippen molar-refractivity contribution in [3.8, 4) is 0 Å². The average molecular weight is 329 g/mol. The average Bonchev–Trinajstić information content (AvgIpc) is 2.99. The molecule has 4 unspecified atom stereocenters. The topological polar surface area (TPSA) is 55.1 Å². The van der Waals surface area contributed by atoms with Crippen LogP contribution in [0.4, 0.5) is 0 Å². The Labute approximate surface area is 137 Å². The van der Waals surface area contributed by atoms with Gasteiger partial charge in [-0.2, -0.15) is 0 Å². The summed E-state index contributed by atoms with van der Waals surface area (Å²) in [4.78, 5) is 12.5. The first kappa shape index (κ1) is 16.6. The van der Waals surface area contributed by atoms with Gasteiger partial charge in [0.1, 0.15) is 0 Å². The van der Waals surface area contributed by atoms with Gasteiger partial charge in [0, 0.05) is 11.1 Å². The van der Waals surface area contributed by atoms with E-state index in [-0.39, 0.29) is 36.3 Å². The number of amides is 1. The molecule has 1 aromatic carbocycles. The first-order chi connectivity index (χ1) is 9.56. The standard InChI is InChI=1S/C16H21ClN2O.ClH/c1-9(10-3-2-4-13(17)8-10)19-16(20)14-11-5-6-12(7-11)15(14)18;/h2-4,8-9,11-12,14-15H,5-7,18H2,1H3,(H,19,20);1H/t9-,11?,12?,14?,15?;/m1./s1. The Hall–Kier alpha value is -0.770. The van der Waals surface area contributed by atoms with Gasteiger partial charge in [0.25, 0.3) is 0 Å². The summed E-state index contributed by atoms with van der Waals surface area (Å²) in [6.07, 6.45) is 3.48. The zero-order valence-electron chi connectivity index (χ0n) is 12.1. The first-order valence-corrected chi connectivity index (χ1v) is 7.75. The minimum absolute atomic E-state index is 0. The van der Waals surface area contributed by atoms with Gasteiger partial charge in [-0.25, -0.2) is 0 Å². The number of rotatable bonds is 3. The molecule has 0 radical (unpaired) electrons. The number of carbonyl (C=O) groups excluding carboxylic acids is 1. The molecule has 3 rings (SSSR count). The zero-order chi connectivity index (χ0) is 14.3. The SMILES string of the molecule is C[C@@H](NC(=O)C1C2CCC(C2)C1N)c1cccc(Cl)c1.Cl. The van der Waals surface area contributed by atoms with Crippen molar-refractivity contribution in [2.24, 2.45) is 23.5 Å². The maximum Gasteiger partial charge on any atom is 0.225 e. The lowest BCUT2D eigenvalue weighted by Crippen LogP contribution is -2.45. The summed E-state index contributed by atoms with van der Waals surface area (Å²) in [5, 5.41) is 3.80. The van der Waals surface area contributed by atoms with Crippen molar-refractivity contribution in [1.29, 1.82) is 0 Å². The maximum atomic E-state index is 12.5. The highest BCUT2D eigenvalue weighted by Gasteiger charge is 2.49. The molecule has 3 nitrogen and oxygen atoms in total. The van der Waals surface area contributed by atoms with Gasteiger partial charge in [-0.05, 0) is 55.7 Å². The second-order valence-corrected chi connectivity index (χ2v) is 6.66. The van der Waals surface area contributed by atoms with Crippen molar-refractivity contribution in [1.82, 2.24) is 5.32 Å². The van der Waals surface area contributed by atoms with Crippen LogP contribution in [0.3, 0.4) is 0 Å². The Kier molecular flexibility index (Phi) is 5.18. The summed E-state index contributed by atoms with van der Waals surface area (Å²) in [6, 6.07) is 7.63. The second-order valence-electron chi connectivity index (χ2n) is 6.22. The molecule has 0 spiro atoms. The molecule has 5 atom stereocenters. The monoisotopic (exact) mass is 328 g/mol. The summed E-state index contributed by atoms with van der Waals surface area (Å²) in [6.45, 7) is 1.99. The number of hydrogen-bond acceptors (Lipinski definition) is 2. The van der Waals surface area contributed by atoms with Gasteiger partial charge in [0.05, 0.1) is 12.0 Å². The lowest BCUT2D eigenvalue weighted by atomic mass is 9.84. The van der Waals surface area contributed by atoms with Gasteiger partial charge in [0.15, 0.2) is 0 Å². The number of nitrogens with two attached hydrogens (primary N) is 1. The van der Waals surface area contributed by atoms with Gasteiger partial charge in [0.2, 0.25) is 5.91 Å². The van der Waals surface area contributed by atoms with Crippen LogP contribution in [0.15, 0.2) is 24.3 Å². The van der Waals surface area contributed by atoms with E-state index in [1.165, 1.54) is 6.42 Å². The van der Waals surface area contributed by atoms with Gasteiger partial charge in [-0.3, -0.25) is 4.79 Å². The second kappa shape index (κ2) is 6.55. The van der Waals surface area contributed by atoms with E-state index >= 15 is 0 Å². The van der Waals surface area contributed by atoms with E-state index in [0.29, 0.717) is 16.9 Å². The molecule has 3 N–H and O–H groups in total. The quantitative estimate of drug-likeness (QED) is 0.894. The third-order valence-electron chi connectivity index (χ3n) is 4.99. The highest BCUT2D eigenvalue weighted by Crippen LogP contribution is 2.47. The highest BCUT2D eigenvalue weighted by atomic mass is 35.5. The smallest absolute Gasteiger partial charge is 0.225 e. The number of fused-ring (bicyclic) bond motifs is 2. The fraction of sp³-hybridized carbons (Fsp3) is 0.562. The van der Waals surface area contributed by atoms with E-state index in [4.69, 9.17) is 17.3 Å². The number of hydrogen-bond donors (Lipinski definition) is 2. The Morgan fingerprint density at radius 2 is 2.10 bits per heavy atom. The fourth-order valence-electron chi connectivity index (χ4n) is 3.89. The lowest BCUT2D eigenvalue weighted by molar-refractivity contribution is -0.127. The summed E-state index contributed by atoms with van der Waals surface area (Å²) >= 11 is 5.99. The molecule has 2 aliphatic carbocycles. The van der Waals surface area contributed by atoms with Gasteiger partial charge in [-0.1, -0.05) is 23.7 Å². The molecule has 2 saturated carbocycles. The van der Waals surface area contributed by atoms with Crippen LogP contribution in [0.5, 0.6) is 0 Å². The Morgan fingerprint density at radius 1 is 1.38 bits per heavy atom. The lowest BCUT2D eigenvalue weighted by Gasteiger charge is -2.28. The number of nitrogens with one attached hydrogen (secondary N) is 1. The molecule has 21 heavy (non-hydrogen) atoms. The molecular weight excluding hydrogens is 307 g/mol. The molecule has 0 heterocycles. The van der Waals surface area contributed by atoms with Crippen LogP contribution >= 0.6 is 24.0 Å². The van der Waals surface area contributed by atoms with Crippen LogP contribution in [0.2, 0.25) is 5.02 Å². The molecule has 2 bridgehead atoms. The van der Waals surface area contributed by atoms with Gasteiger partial charge >= 0.3 is 0 Å². The van der Waals surface area contributed by atoms with Crippen LogP contribution in [0.25, 0.3) is 0 Å². The van der Waals surface area contributed by atoms with E-state index in [2.05, 4.69) is 5.32 Å². The zero-order valence-corrected chi connectivity index (χ0v) is 13.7. The largest absolute Gasteiger partial charge is 0.349 e. The molecule has 5 heteroatoms. The van der Waals surface area contributed by atoms with Crippen molar-refractivity contribution in [2.45, 2.75) is 38.3 Å². The van der Waals surface area contributed by atoms with Crippen molar-refractivity contribution < 1.29 is 4.79 Å². The third-order valence-corrected chi connectivity index (χ3v) is 5.23. The summed E-state index contributed by atoms with van der Waals surface area (Å²) in [5.74, 6) is 1.14. The minimum atomic E-state index is -0.0347. The summed E-state index contributed by atoms with van der Waals surface area (Å²) in [5.41, 5.74) is 7.25. The van der Waals surface area contributed by atoms with Crippen LogP contribution in [0, 0.1) is 17.8 Å². The molecule has 116 valence electrons. The molecule has 1 amide bonds. The number of carbonyl (C=O) groups is 1. The van der Waals surface area contributed by atoms with Crippen LogP contribution in [-0.2, 0) is 4.79 Å². The van der Waals surface area contributed by atoms with Gasteiger partial charge in [-0.15, -0.1) is 12.4 Å².